The number of likely N-dealkylation sites (N-methyl/N-ethyl adjacent to an activating group) is 1. The van der Waals surface area contributed by atoms with Gasteiger partial charge in [-0.05, 0) is 25.3 Å². The number of hydrogen-bond donors (Lipinski definition) is 1. The number of methoxy groups -OCH3 is 1. The molecule has 0 atom stereocenters. The Morgan fingerprint density at radius 2 is 1.89 bits per heavy atom. The van der Waals surface area contributed by atoms with E-state index in [1.165, 1.54) is 7.11 Å². The molecule has 1 aromatic carbocycles. The van der Waals surface area contributed by atoms with Crippen molar-refractivity contribution in [2.75, 3.05) is 40.3 Å². The molecule has 0 radical (unpaired) electrons. The van der Waals surface area contributed by atoms with Gasteiger partial charge in [-0.3, -0.25) is 14.6 Å². The number of esters is 1. The average Bonchev–Trinajstić information content (AvgIpc) is 2.72. The number of rotatable bonds is 6. The van der Waals surface area contributed by atoms with Crippen LogP contribution in [0.3, 0.4) is 0 Å². The number of benzene rings is 1. The van der Waals surface area contributed by atoms with Crippen LogP contribution in [0.25, 0.3) is 0 Å². The second-order valence-corrected chi connectivity index (χ2v) is 6.58. The summed E-state index contributed by atoms with van der Waals surface area (Å²) in [7, 11) is 3.14. The Labute approximate surface area is 184 Å². The number of amides is 1. The van der Waals surface area contributed by atoms with E-state index in [2.05, 4.69) is 15.2 Å². The van der Waals surface area contributed by atoms with Crippen molar-refractivity contribution in [2.24, 2.45) is 10.9 Å². The summed E-state index contributed by atoms with van der Waals surface area (Å²) in [5.41, 5.74) is 1.11. The second kappa shape index (κ2) is 12.6. The van der Waals surface area contributed by atoms with Crippen LogP contribution in [0.4, 0.5) is 0 Å². The molecule has 1 heterocycles. The Kier molecular flexibility index (Phi) is 10.9. The first-order valence-electron chi connectivity index (χ1n) is 9.44. The highest BCUT2D eigenvalue weighted by atomic mass is 127. The van der Waals surface area contributed by atoms with Crippen molar-refractivity contribution >= 4 is 41.8 Å². The van der Waals surface area contributed by atoms with E-state index in [0.717, 1.165) is 31.5 Å². The number of likely N-dealkylation sites (tertiary alicyclic amines) is 1. The van der Waals surface area contributed by atoms with Crippen LogP contribution in [0.2, 0.25) is 0 Å². The molecule has 7 nitrogen and oxygen atoms in total. The van der Waals surface area contributed by atoms with Gasteiger partial charge in [0.05, 0.1) is 19.6 Å². The predicted octanol–water partition coefficient (Wildman–Crippen LogP) is 2.11. The number of nitrogens with zero attached hydrogens (tertiary/aromatic N) is 3. The molecule has 0 bridgehead atoms. The molecule has 28 heavy (non-hydrogen) atoms. The molecule has 1 aliphatic rings. The van der Waals surface area contributed by atoms with Crippen LogP contribution in [0.5, 0.6) is 0 Å². The molecule has 1 saturated heterocycles. The van der Waals surface area contributed by atoms with E-state index >= 15 is 0 Å². The fraction of sp³-hybridized carbons (Fsp3) is 0.550. The Hall–Kier alpha value is -1.84. The van der Waals surface area contributed by atoms with E-state index in [9.17, 15) is 9.59 Å². The summed E-state index contributed by atoms with van der Waals surface area (Å²) in [6.07, 6.45) is 1.47. The van der Waals surface area contributed by atoms with Crippen LogP contribution < -0.4 is 5.32 Å². The van der Waals surface area contributed by atoms with Crippen LogP contribution >= 0.6 is 24.0 Å². The fourth-order valence-corrected chi connectivity index (χ4v) is 3.27. The largest absolute Gasteiger partial charge is 0.469 e. The topological polar surface area (TPSA) is 74.2 Å². The van der Waals surface area contributed by atoms with Crippen LogP contribution in [0.15, 0.2) is 35.3 Å². The van der Waals surface area contributed by atoms with Crippen LogP contribution in [0, 0.1) is 5.92 Å². The zero-order valence-electron chi connectivity index (χ0n) is 16.9. The minimum absolute atomic E-state index is 0. The molecular formula is C20H31IN4O3. The lowest BCUT2D eigenvalue weighted by molar-refractivity contribution is -0.146. The molecule has 1 aromatic rings. The van der Waals surface area contributed by atoms with Crippen molar-refractivity contribution in [1.82, 2.24) is 15.1 Å². The highest BCUT2D eigenvalue weighted by Gasteiger charge is 2.27. The molecular weight excluding hydrogens is 471 g/mol. The van der Waals surface area contributed by atoms with E-state index in [4.69, 9.17) is 4.74 Å². The zero-order valence-corrected chi connectivity index (χ0v) is 19.2. The number of carbonyl (C=O) groups excluding carboxylic acids is 2. The first-order chi connectivity index (χ1) is 13.1. The third-order valence-electron chi connectivity index (χ3n) is 4.89. The molecule has 1 fully saturated rings. The smallest absolute Gasteiger partial charge is 0.308 e. The first-order valence-corrected chi connectivity index (χ1v) is 9.44. The van der Waals surface area contributed by atoms with Gasteiger partial charge in [0, 0.05) is 33.2 Å². The van der Waals surface area contributed by atoms with Crippen molar-refractivity contribution < 1.29 is 14.3 Å². The average molecular weight is 502 g/mol. The summed E-state index contributed by atoms with van der Waals surface area (Å²) in [6.45, 7) is 4.86. The maximum atomic E-state index is 12.6. The van der Waals surface area contributed by atoms with E-state index in [-0.39, 0.29) is 48.3 Å². The zero-order chi connectivity index (χ0) is 19.6. The van der Waals surface area contributed by atoms with Gasteiger partial charge in [0.1, 0.15) is 0 Å². The van der Waals surface area contributed by atoms with E-state index in [1.54, 1.807) is 7.05 Å². The molecule has 0 spiro atoms. The van der Waals surface area contributed by atoms with Gasteiger partial charge in [-0.25, -0.2) is 0 Å². The van der Waals surface area contributed by atoms with Gasteiger partial charge in [0.2, 0.25) is 5.91 Å². The van der Waals surface area contributed by atoms with Crippen molar-refractivity contribution in [2.45, 2.75) is 26.3 Å². The summed E-state index contributed by atoms with van der Waals surface area (Å²) in [4.78, 5) is 32.4. The predicted molar refractivity (Wildman–Crippen MR) is 121 cm³/mol. The van der Waals surface area contributed by atoms with E-state index < -0.39 is 0 Å². The highest BCUT2D eigenvalue weighted by Crippen LogP contribution is 2.18. The number of carbonyl (C=O) groups is 2. The Balaban J connectivity index is 0.00000392. The lowest BCUT2D eigenvalue weighted by Crippen LogP contribution is -2.49. The van der Waals surface area contributed by atoms with Gasteiger partial charge in [0.25, 0.3) is 0 Å². The monoisotopic (exact) mass is 502 g/mol. The van der Waals surface area contributed by atoms with Crippen molar-refractivity contribution in [1.29, 1.82) is 0 Å². The first kappa shape index (κ1) is 24.2. The number of guanidine groups is 1. The Morgan fingerprint density at radius 3 is 2.43 bits per heavy atom. The Bertz CT molecular complexity index is 646. The summed E-state index contributed by atoms with van der Waals surface area (Å²) in [6, 6.07) is 9.97. The van der Waals surface area contributed by atoms with Gasteiger partial charge in [0.15, 0.2) is 5.96 Å². The molecule has 156 valence electrons. The maximum Gasteiger partial charge on any atom is 0.308 e. The number of piperidine rings is 1. The van der Waals surface area contributed by atoms with Gasteiger partial charge in [-0.15, -0.1) is 24.0 Å². The molecule has 0 aliphatic carbocycles. The summed E-state index contributed by atoms with van der Waals surface area (Å²) in [5.74, 6) is 0.536. The molecule has 0 unspecified atom stereocenters. The van der Waals surface area contributed by atoms with Crippen LogP contribution in [-0.4, -0.2) is 68.0 Å². The fourth-order valence-electron chi connectivity index (χ4n) is 3.27. The number of halogens is 1. The number of nitrogens with one attached hydrogen (secondary N) is 1. The summed E-state index contributed by atoms with van der Waals surface area (Å²) < 4.78 is 4.82. The minimum atomic E-state index is -0.146. The molecule has 0 saturated carbocycles. The number of aliphatic imine (C=N–C) groups is 1. The van der Waals surface area contributed by atoms with Crippen molar-refractivity contribution in [3.63, 3.8) is 0 Å². The molecule has 1 amide bonds. The number of hydrogen-bond acceptors (Lipinski definition) is 4. The minimum Gasteiger partial charge on any atom is -0.469 e. The second-order valence-electron chi connectivity index (χ2n) is 6.58. The maximum absolute atomic E-state index is 12.6. The van der Waals surface area contributed by atoms with E-state index in [1.807, 2.05) is 42.2 Å². The molecule has 0 aromatic heterocycles. The van der Waals surface area contributed by atoms with Gasteiger partial charge in [-0.1, -0.05) is 30.3 Å². The highest BCUT2D eigenvalue weighted by molar-refractivity contribution is 14.0. The van der Waals surface area contributed by atoms with Crippen LogP contribution in [-0.2, 0) is 20.9 Å². The van der Waals surface area contributed by atoms with Crippen molar-refractivity contribution in [3.05, 3.63) is 35.9 Å². The summed E-state index contributed by atoms with van der Waals surface area (Å²) >= 11 is 0. The Morgan fingerprint density at radius 1 is 1.25 bits per heavy atom. The SMILES string of the molecule is CCN(Cc1ccccc1)C(=O)CNC(=NC)N1CCC(C(=O)OC)CC1.I. The molecule has 2 rings (SSSR count). The van der Waals surface area contributed by atoms with Gasteiger partial charge in [-0.2, -0.15) is 0 Å². The summed E-state index contributed by atoms with van der Waals surface area (Å²) in [5, 5.41) is 3.17. The third-order valence-corrected chi connectivity index (χ3v) is 4.89. The quantitative estimate of drug-likeness (QED) is 0.279. The van der Waals surface area contributed by atoms with E-state index in [0.29, 0.717) is 19.0 Å². The standard InChI is InChI=1S/C20H30N4O3.HI/c1-4-23(15-16-8-6-5-7-9-16)18(25)14-22-20(21-2)24-12-10-17(11-13-24)19(26)27-3;/h5-9,17H,4,10-15H2,1-3H3,(H,21,22);1H. The van der Waals surface area contributed by atoms with Gasteiger partial charge >= 0.3 is 5.97 Å². The molecule has 8 heteroatoms. The van der Waals surface area contributed by atoms with Crippen LogP contribution in [0.1, 0.15) is 25.3 Å². The lowest BCUT2D eigenvalue weighted by atomic mass is 9.97. The third kappa shape index (κ3) is 6.96. The lowest BCUT2D eigenvalue weighted by Gasteiger charge is -2.33. The number of ether oxygens (including phenoxy) is 1. The van der Waals surface area contributed by atoms with Gasteiger partial charge < -0.3 is 19.9 Å². The van der Waals surface area contributed by atoms with Crippen molar-refractivity contribution in [3.8, 4) is 0 Å². The molecule has 1 aliphatic heterocycles. The normalized spacial score (nSPS) is 14.8. The molecule has 1 N–H and O–H groups in total.